The van der Waals surface area contributed by atoms with Gasteiger partial charge in [0.15, 0.2) is 0 Å². The van der Waals surface area contributed by atoms with Crippen LogP contribution in [0.1, 0.15) is 40.0 Å². The van der Waals surface area contributed by atoms with Crippen LogP contribution >= 0.6 is 0 Å². The minimum absolute atomic E-state index is 0.0492. The summed E-state index contributed by atoms with van der Waals surface area (Å²) < 4.78 is 0. The molecule has 108 valence electrons. The highest BCUT2D eigenvalue weighted by Crippen LogP contribution is 2.20. The zero-order valence-corrected chi connectivity index (χ0v) is 12.7. The molecule has 1 aliphatic heterocycles. The first-order valence-electron chi connectivity index (χ1n) is 7.62. The summed E-state index contributed by atoms with van der Waals surface area (Å²) in [4.78, 5) is 5.05. The Morgan fingerprint density at radius 1 is 1.21 bits per heavy atom. The van der Waals surface area contributed by atoms with Crippen LogP contribution < -0.4 is 5.32 Å². The van der Waals surface area contributed by atoms with Gasteiger partial charge in [0.25, 0.3) is 0 Å². The topological polar surface area (TPSA) is 42.3 Å². The van der Waals surface area contributed by atoms with Crippen molar-refractivity contribution >= 4 is 0 Å². The first-order chi connectivity index (χ1) is 8.99. The van der Waals surface area contributed by atoms with Crippen molar-refractivity contribution in [1.29, 1.82) is 5.26 Å². The smallest absolute Gasteiger partial charge is 0.0967 e. The Labute approximate surface area is 117 Å². The third-order valence-corrected chi connectivity index (χ3v) is 4.23. The van der Waals surface area contributed by atoms with E-state index in [1.807, 2.05) is 0 Å². The van der Waals surface area contributed by atoms with Crippen molar-refractivity contribution in [2.75, 3.05) is 32.7 Å². The van der Waals surface area contributed by atoms with E-state index in [9.17, 15) is 0 Å². The molecule has 1 saturated carbocycles. The van der Waals surface area contributed by atoms with Crippen LogP contribution in [0.15, 0.2) is 0 Å². The SMILES string of the molecule is CC(C)(C)N1CCN(CCC(C#N)NC2CC2)CC1. The highest BCUT2D eigenvalue weighted by Gasteiger charge is 2.27. The second-order valence-corrected chi connectivity index (χ2v) is 6.91. The van der Waals surface area contributed by atoms with Gasteiger partial charge in [-0.2, -0.15) is 5.26 Å². The Morgan fingerprint density at radius 2 is 1.84 bits per heavy atom. The fourth-order valence-electron chi connectivity index (χ4n) is 2.67. The maximum absolute atomic E-state index is 9.14. The van der Waals surface area contributed by atoms with Gasteiger partial charge >= 0.3 is 0 Å². The lowest BCUT2D eigenvalue weighted by molar-refractivity contribution is 0.0612. The number of piperazine rings is 1. The Kier molecular flexibility index (Phi) is 4.83. The minimum Gasteiger partial charge on any atom is -0.301 e. The standard InChI is InChI=1S/C15H28N4/c1-15(2,3)19-10-8-18(9-11-19)7-6-14(12-16)17-13-4-5-13/h13-14,17H,4-11H2,1-3H3. The third-order valence-electron chi connectivity index (χ3n) is 4.23. The molecule has 0 radical (unpaired) electrons. The maximum Gasteiger partial charge on any atom is 0.0967 e. The van der Waals surface area contributed by atoms with Gasteiger partial charge in [-0.25, -0.2) is 0 Å². The molecule has 2 fully saturated rings. The lowest BCUT2D eigenvalue weighted by Crippen LogP contribution is -2.53. The van der Waals surface area contributed by atoms with Gasteiger partial charge < -0.3 is 4.90 Å². The highest BCUT2D eigenvalue weighted by molar-refractivity contribution is 4.96. The molecule has 0 aromatic heterocycles. The van der Waals surface area contributed by atoms with E-state index < -0.39 is 0 Å². The quantitative estimate of drug-likeness (QED) is 0.816. The number of rotatable bonds is 5. The average molecular weight is 264 g/mol. The lowest BCUT2D eigenvalue weighted by Gasteiger charge is -2.42. The summed E-state index contributed by atoms with van der Waals surface area (Å²) in [5, 5.41) is 12.6. The van der Waals surface area contributed by atoms with E-state index in [2.05, 4.69) is 42.0 Å². The van der Waals surface area contributed by atoms with Gasteiger partial charge in [0.1, 0.15) is 0 Å². The Morgan fingerprint density at radius 3 is 2.32 bits per heavy atom. The van der Waals surface area contributed by atoms with Crippen molar-refractivity contribution < 1.29 is 0 Å². The van der Waals surface area contributed by atoms with E-state index in [4.69, 9.17) is 5.26 Å². The van der Waals surface area contributed by atoms with Gasteiger partial charge in [-0.1, -0.05) is 0 Å². The molecule has 1 atom stereocenters. The van der Waals surface area contributed by atoms with E-state index in [0.29, 0.717) is 6.04 Å². The summed E-state index contributed by atoms with van der Waals surface area (Å²) in [5.41, 5.74) is 0.287. The Hall–Kier alpha value is -0.630. The molecule has 4 nitrogen and oxygen atoms in total. The van der Waals surface area contributed by atoms with Crippen molar-refractivity contribution in [3.05, 3.63) is 0 Å². The molecule has 0 aromatic rings. The summed E-state index contributed by atoms with van der Waals surface area (Å²) in [5.74, 6) is 0. The average Bonchev–Trinajstić information content (AvgIpc) is 3.18. The van der Waals surface area contributed by atoms with E-state index in [1.54, 1.807) is 0 Å². The molecule has 4 heteroatoms. The molecule has 1 aliphatic carbocycles. The van der Waals surface area contributed by atoms with Crippen molar-refractivity contribution in [2.24, 2.45) is 0 Å². The van der Waals surface area contributed by atoms with Crippen LogP contribution in [-0.2, 0) is 0 Å². The van der Waals surface area contributed by atoms with Crippen molar-refractivity contribution in [3.8, 4) is 6.07 Å². The second-order valence-electron chi connectivity index (χ2n) is 6.91. The second kappa shape index (κ2) is 6.21. The molecule has 1 saturated heterocycles. The summed E-state index contributed by atoms with van der Waals surface area (Å²) >= 11 is 0. The molecule has 1 unspecified atom stereocenters. The van der Waals surface area contributed by atoms with Gasteiger partial charge in [-0.05, 0) is 40.0 Å². The van der Waals surface area contributed by atoms with Gasteiger partial charge in [0, 0.05) is 44.3 Å². The van der Waals surface area contributed by atoms with Crippen LogP contribution in [0.4, 0.5) is 0 Å². The molecule has 19 heavy (non-hydrogen) atoms. The van der Waals surface area contributed by atoms with Crippen molar-refractivity contribution in [1.82, 2.24) is 15.1 Å². The fraction of sp³-hybridized carbons (Fsp3) is 0.933. The molecule has 2 rings (SSSR count). The van der Waals surface area contributed by atoms with Gasteiger partial charge in [-0.15, -0.1) is 0 Å². The predicted molar refractivity (Wildman–Crippen MR) is 77.9 cm³/mol. The summed E-state index contributed by atoms with van der Waals surface area (Å²) in [6.07, 6.45) is 3.47. The normalized spacial score (nSPS) is 24.1. The third kappa shape index (κ3) is 4.76. The molecule has 1 N–H and O–H groups in total. The first-order valence-corrected chi connectivity index (χ1v) is 7.62. The van der Waals surface area contributed by atoms with Gasteiger partial charge in [-0.3, -0.25) is 10.2 Å². The van der Waals surface area contributed by atoms with E-state index >= 15 is 0 Å². The van der Waals surface area contributed by atoms with Crippen molar-refractivity contribution in [2.45, 2.75) is 57.7 Å². The summed E-state index contributed by atoms with van der Waals surface area (Å²) in [6, 6.07) is 3.07. The lowest BCUT2D eigenvalue weighted by atomic mass is 10.0. The molecule has 0 spiro atoms. The first kappa shape index (κ1) is 14.8. The van der Waals surface area contributed by atoms with Gasteiger partial charge in [0.2, 0.25) is 0 Å². The molecule has 2 aliphatic rings. The van der Waals surface area contributed by atoms with Crippen LogP contribution in [0.2, 0.25) is 0 Å². The number of nitrogens with one attached hydrogen (secondary N) is 1. The monoisotopic (exact) mass is 264 g/mol. The zero-order chi connectivity index (χ0) is 13.9. The zero-order valence-electron chi connectivity index (χ0n) is 12.7. The van der Waals surface area contributed by atoms with Crippen molar-refractivity contribution in [3.63, 3.8) is 0 Å². The van der Waals surface area contributed by atoms with Crippen LogP contribution in [0.5, 0.6) is 0 Å². The fourth-order valence-corrected chi connectivity index (χ4v) is 2.67. The Bertz CT molecular complexity index is 316. The summed E-state index contributed by atoms with van der Waals surface area (Å²) in [7, 11) is 0. The molecular weight excluding hydrogens is 236 g/mol. The molecule has 0 amide bonds. The maximum atomic E-state index is 9.14. The molecule has 0 bridgehead atoms. The molecule has 0 aromatic carbocycles. The number of hydrogen-bond donors (Lipinski definition) is 1. The van der Waals surface area contributed by atoms with Gasteiger partial charge in [0.05, 0.1) is 12.1 Å². The highest BCUT2D eigenvalue weighted by atomic mass is 15.3. The van der Waals surface area contributed by atoms with E-state index in [0.717, 1.165) is 39.1 Å². The summed E-state index contributed by atoms with van der Waals surface area (Å²) in [6.45, 7) is 12.5. The van der Waals surface area contributed by atoms with Crippen LogP contribution in [0, 0.1) is 11.3 Å². The predicted octanol–water partition coefficient (Wildman–Crippen LogP) is 1.44. The van der Waals surface area contributed by atoms with Crippen LogP contribution in [-0.4, -0.2) is 60.1 Å². The minimum atomic E-state index is 0.0492. The van der Waals surface area contributed by atoms with E-state index in [1.165, 1.54) is 12.8 Å². The Balaban J connectivity index is 1.66. The largest absolute Gasteiger partial charge is 0.301 e. The van der Waals surface area contributed by atoms with Crippen LogP contribution in [0.25, 0.3) is 0 Å². The number of nitrogens with zero attached hydrogens (tertiary/aromatic N) is 3. The van der Waals surface area contributed by atoms with E-state index in [-0.39, 0.29) is 11.6 Å². The molecular formula is C15H28N4. The molecule has 1 heterocycles. The number of nitriles is 1. The van der Waals surface area contributed by atoms with Crippen LogP contribution in [0.3, 0.4) is 0 Å². The number of hydrogen-bond acceptors (Lipinski definition) is 4.